The quantitative estimate of drug-likeness (QED) is 0.0511. The van der Waals surface area contributed by atoms with Crippen LogP contribution in [0.5, 0.6) is 0 Å². The second kappa shape index (κ2) is 25.8. The highest BCUT2D eigenvalue weighted by atomic mass is 32.2. The zero-order chi connectivity index (χ0) is 41.5. The minimum atomic E-state index is -0.630. The van der Waals surface area contributed by atoms with Crippen molar-refractivity contribution in [1.29, 1.82) is 0 Å². The van der Waals surface area contributed by atoms with Crippen LogP contribution in [0.15, 0.2) is 24.5 Å². The lowest BCUT2D eigenvalue weighted by atomic mass is 9.92. The molecular formula is C41H65N9O7S. The Morgan fingerprint density at radius 1 is 0.707 bits per heavy atom. The lowest BCUT2D eigenvalue weighted by Crippen LogP contribution is -2.50. The van der Waals surface area contributed by atoms with Crippen molar-refractivity contribution in [3.05, 3.63) is 30.1 Å². The van der Waals surface area contributed by atoms with Crippen molar-refractivity contribution in [3.8, 4) is 0 Å². The van der Waals surface area contributed by atoms with Crippen LogP contribution in [0, 0.1) is 0 Å². The monoisotopic (exact) mass is 827 g/mol. The molecule has 0 aromatic carbocycles. The highest BCUT2D eigenvalue weighted by molar-refractivity contribution is 8.00. The summed E-state index contributed by atoms with van der Waals surface area (Å²) in [6.45, 7) is 5.11. The van der Waals surface area contributed by atoms with E-state index < -0.39 is 6.04 Å². The number of likely N-dealkylation sites (tertiary alicyclic amines) is 1. The Morgan fingerprint density at radius 2 is 1.22 bits per heavy atom. The van der Waals surface area contributed by atoms with Crippen LogP contribution in [-0.4, -0.2) is 120 Å². The van der Waals surface area contributed by atoms with E-state index in [-0.39, 0.29) is 65.9 Å². The summed E-state index contributed by atoms with van der Waals surface area (Å²) in [4.78, 5) is 92.2. The number of thioether (sulfide) groups is 1. The van der Waals surface area contributed by atoms with Gasteiger partial charge in [-0.15, -0.1) is 0 Å². The largest absolute Gasteiger partial charge is 0.356 e. The molecule has 0 bridgehead atoms. The number of nitrogens with zero attached hydrogens (tertiary/aromatic N) is 2. The first-order chi connectivity index (χ1) is 28.1. The van der Waals surface area contributed by atoms with Crippen molar-refractivity contribution < 1.29 is 33.6 Å². The molecule has 0 aliphatic carbocycles. The third-order valence-corrected chi connectivity index (χ3v) is 12.4. The molecule has 3 saturated heterocycles. The second-order valence-electron chi connectivity index (χ2n) is 15.5. The standard InChI is InChI=1S/C41H65N9O7S/c1-29(30-18-24-42-25-19-30)38(40(56)50-26-7-8-27-50)48-37(55)14-3-2-6-20-43-34(52)15-9-22-45-36(54)17-11-23-46-35(53)16-10-21-44-33(51)13-5-4-12-32-39-31(28-58-32)47-41(57)49-39/h18-19,24-25,29,31-32,38-39H,2-17,20-23,26-28H2,1H3,(H,43,52)(H,44,51)(H,45,54)(H,46,53)(H,48,55)(H2,47,49,57)/t29-,31+,32+,38+,39+/m1/s1. The highest BCUT2D eigenvalue weighted by Crippen LogP contribution is 2.33. The molecule has 1 aromatic heterocycles. The molecule has 0 saturated carbocycles. The summed E-state index contributed by atoms with van der Waals surface area (Å²) in [5, 5.41) is 20.7. The van der Waals surface area contributed by atoms with Crippen LogP contribution >= 0.6 is 11.8 Å². The van der Waals surface area contributed by atoms with Gasteiger partial charge < -0.3 is 42.1 Å². The van der Waals surface area contributed by atoms with Gasteiger partial charge in [-0.3, -0.25) is 33.8 Å². The van der Waals surface area contributed by atoms with Gasteiger partial charge in [0, 0.05) is 101 Å². The van der Waals surface area contributed by atoms with Crippen LogP contribution in [0.25, 0.3) is 0 Å². The number of hydrogen-bond acceptors (Lipinski definition) is 9. The molecule has 4 heterocycles. The fourth-order valence-corrected chi connectivity index (χ4v) is 9.06. The number of carbonyl (C=O) groups is 7. The van der Waals surface area contributed by atoms with Crippen molar-refractivity contribution in [2.75, 3.05) is 45.0 Å². The Morgan fingerprint density at radius 3 is 1.81 bits per heavy atom. The van der Waals surface area contributed by atoms with E-state index in [1.807, 2.05) is 35.7 Å². The number of aromatic nitrogens is 1. The van der Waals surface area contributed by atoms with E-state index in [1.165, 1.54) is 0 Å². The van der Waals surface area contributed by atoms with Gasteiger partial charge in [0.15, 0.2) is 0 Å². The number of carbonyl (C=O) groups excluding carboxylic acids is 7. The molecule has 0 unspecified atom stereocenters. The maximum atomic E-state index is 13.3. The van der Waals surface area contributed by atoms with Gasteiger partial charge in [0.1, 0.15) is 6.04 Å². The molecular weight excluding hydrogens is 763 g/mol. The molecule has 5 atom stereocenters. The minimum absolute atomic E-state index is 0.0175. The number of amides is 8. The molecule has 0 spiro atoms. The number of urea groups is 1. The first kappa shape index (κ1) is 46.3. The summed E-state index contributed by atoms with van der Waals surface area (Å²) in [7, 11) is 0. The third-order valence-electron chi connectivity index (χ3n) is 10.9. The molecule has 3 aliphatic rings. The van der Waals surface area contributed by atoms with E-state index in [0.29, 0.717) is 82.8 Å². The lowest BCUT2D eigenvalue weighted by molar-refractivity contribution is -0.136. The first-order valence-corrected chi connectivity index (χ1v) is 22.4. The second-order valence-corrected chi connectivity index (χ2v) is 16.8. The Hall–Kier alpha value is -4.41. The van der Waals surface area contributed by atoms with E-state index in [0.717, 1.165) is 69.4 Å². The molecule has 7 N–H and O–H groups in total. The topological polar surface area (TPSA) is 220 Å². The summed E-state index contributed by atoms with van der Waals surface area (Å²) in [5.74, 6) is 0.197. The van der Waals surface area contributed by atoms with Crippen molar-refractivity contribution in [3.63, 3.8) is 0 Å². The first-order valence-electron chi connectivity index (χ1n) is 21.3. The highest BCUT2D eigenvalue weighted by Gasteiger charge is 2.42. The SMILES string of the molecule is C[C@H](c1ccncc1)[C@H](NC(=O)CCCCCNC(=O)CCCNC(=O)CCCNC(=O)CCCNC(=O)CCCC[C@@H]1SC[C@@H]2NC(=O)N[C@@H]21)C(=O)N1CCCC1. The maximum Gasteiger partial charge on any atom is 0.315 e. The molecule has 17 heteroatoms. The molecule has 4 rings (SSSR count). The number of pyridine rings is 1. The summed E-state index contributed by atoms with van der Waals surface area (Å²) in [6.07, 6.45) is 13.3. The Balaban J connectivity index is 0.914. The molecule has 16 nitrogen and oxygen atoms in total. The van der Waals surface area contributed by atoms with E-state index in [4.69, 9.17) is 0 Å². The van der Waals surface area contributed by atoms with Crippen molar-refractivity contribution >= 4 is 53.2 Å². The molecule has 322 valence electrons. The fourth-order valence-electron chi connectivity index (χ4n) is 7.51. The van der Waals surface area contributed by atoms with Crippen LogP contribution in [0.4, 0.5) is 4.79 Å². The number of nitrogens with one attached hydrogen (secondary N) is 7. The fraction of sp³-hybridized carbons (Fsp3) is 0.707. The molecule has 0 radical (unpaired) electrons. The van der Waals surface area contributed by atoms with E-state index in [2.05, 4.69) is 42.2 Å². The predicted octanol–water partition coefficient (Wildman–Crippen LogP) is 2.38. The maximum absolute atomic E-state index is 13.3. The minimum Gasteiger partial charge on any atom is -0.356 e. The van der Waals surface area contributed by atoms with Crippen LogP contribution < -0.4 is 37.2 Å². The van der Waals surface area contributed by atoms with Crippen molar-refractivity contribution in [2.24, 2.45) is 0 Å². The Labute approximate surface area is 347 Å². The molecule has 8 amide bonds. The number of hydrogen-bond donors (Lipinski definition) is 7. The number of unbranched alkanes of at least 4 members (excludes halogenated alkanes) is 3. The normalized spacial score (nSPS) is 19.3. The van der Waals surface area contributed by atoms with Gasteiger partial charge in [-0.05, 0) is 75.5 Å². The zero-order valence-electron chi connectivity index (χ0n) is 34.1. The van der Waals surface area contributed by atoms with Gasteiger partial charge in [0.25, 0.3) is 0 Å². The van der Waals surface area contributed by atoms with E-state index in [1.54, 1.807) is 12.4 Å². The molecule has 3 fully saturated rings. The van der Waals surface area contributed by atoms with Crippen LogP contribution in [0.1, 0.15) is 121 Å². The number of rotatable bonds is 27. The van der Waals surface area contributed by atoms with Gasteiger partial charge >= 0.3 is 6.03 Å². The molecule has 1 aromatic rings. The van der Waals surface area contributed by atoms with E-state index in [9.17, 15) is 33.6 Å². The van der Waals surface area contributed by atoms with Gasteiger partial charge in [0.05, 0.1) is 12.1 Å². The van der Waals surface area contributed by atoms with Crippen molar-refractivity contribution in [1.82, 2.24) is 47.1 Å². The Kier molecular flexibility index (Phi) is 20.6. The van der Waals surface area contributed by atoms with Crippen LogP contribution in [0.2, 0.25) is 0 Å². The predicted molar refractivity (Wildman–Crippen MR) is 223 cm³/mol. The zero-order valence-corrected chi connectivity index (χ0v) is 34.9. The number of fused-ring (bicyclic) bond motifs is 1. The summed E-state index contributed by atoms with van der Waals surface area (Å²) >= 11 is 1.87. The van der Waals surface area contributed by atoms with Gasteiger partial charge in [0.2, 0.25) is 35.4 Å². The molecule has 58 heavy (non-hydrogen) atoms. The summed E-state index contributed by atoms with van der Waals surface area (Å²) in [5.41, 5.74) is 0.952. The average Bonchev–Trinajstić information content (AvgIpc) is 3.98. The average molecular weight is 828 g/mol. The van der Waals surface area contributed by atoms with E-state index >= 15 is 0 Å². The van der Waals surface area contributed by atoms with Crippen LogP contribution in [0.3, 0.4) is 0 Å². The van der Waals surface area contributed by atoms with Crippen molar-refractivity contribution in [2.45, 2.75) is 139 Å². The van der Waals surface area contributed by atoms with Gasteiger partial charge in [-0.1, -0.05) is 19.8 Å². The van der Waals surface area contributed by atoms with Gasteiger partial charge in [-0.25, -0.2) is 4.79 Å². The third kappa shape index (κ3) is 16.8. The lowest BCUT2D eigenvalue weighted by Gasteiger charge is -2.28. The smallest absolute Gasteiger partial charge is 0.315 e. The summed E-state index contributed by atoms with van der Waals surface area (Å²) < 4.78 is 0. The summed E-state index contributed by atoms with van der Waals surface area (Å²) in [6, 6.07) is 3.43. The Bertz CT molecular complexity index is 1500. The van der Waals surface area contributed by atoms with Crippen LogP contribution in [-0.2, 0) is 28.8 Å². The molecule has 3 aliphatic heterocycles. The van der Waals surface area contributed by atoms with Gasteiger partial charge in [-0.2, -0.15) is 11.8 Å².